The van der Waals surface area contributed by atoms with E-state index < -0.39 is 6.10 Å². The molecular formula is C21H24N2O2. The van der Waals surface area contributed by atoms with Crippen LogP contribution in [0.3, 0.4) is 0 Å². The Kier molecular flexibility index (Phi) is 4.22. The summed E-state index contributed by atoms with van der Waals surface area (Å²) in [4.78, 5) is 4.78. The number of hydrogen-bond donors (Lipinski definition) is 1. The number of nitrogens with zero attached hydrogens (tertiary/aromatic N) is 2. The van der Waals surface area contributed by atoms with Gasteiger partial charge in [-0.05, 0) is 50.5 Å². The lowest BCUT2D eigenvalue weighted by molar-refractivity contribution is 0.0924. The number of para-hydroxylation sites is 2. The monoisotopic (exact) mass is 336 g/mol. The lowest BCUT2D eigenvalue weighted by Crippen LogP contribution is -2.24. The maximum atomic E-state index is 10.5. The van der Waals surface area contributed by atoms with E-state index in [2.05, 4.69) is 23.6 Å². The second-order valence-corrected chi connectivity index (χ2v) is 7.08. The van der Waals surface area contributed by atoms with Crippen LogP contribution in [0.4, 0.5) is 0 Å². The Balaban J connectivity index is 1.50. The van der Waals surface area contributed by atoms with Crippen molar-refractivity contribution in [3.63, 3.8) is 0 Å². The van der Waals surface area contributed by atoms with Crippen LogP contribution >= 0.6 is 0 Å². The molecule has 3 aromatic rings. The minimum atomic E-state index is -0.573. The molecule has 0 radical (unpaired) electrons. The smallest absolute Gasteiger partial charge is 0.122 e. The van der Waals surface area contributed by atoms with Crippen molar-refractivity contribution in [3.05, 3.63) is 59.4 Å². The molecule has 4 rings (SSSR count). The van der Waals surface area contributed by atoms with Crippen LogP contribution in [-0.4, -0.2) is 27.4 Å². The summed E-state index contributed by atoms with van der Waals surface area (Å²) < 4.78 is 8.02. The van der Waals surface area contributed by atoms with Crippen molar-refractivity contribution in [2.45, 2.75) is 45.3 Å². The van der Waals surface area contributed by atoms with Crippen molar-refractivity contribution in [3.8, 4) is 5.75 Å². The third-order valence-corrected chi connectivity index (χ3v) is 4.78. The summed E-state index contributed by atoms with van der Waals surface area (Å²) in [6, 6.07) is 14.2. The fraction of sp³-hybridized carbons (Fsp3) is 0.381. The Hall–Kier alpha value is -2.33. The second kappa shape index (κ2) is 6.52. The van der Waals surface area contributed by atoms with Crippen molar-refractivity contribution in [2.75, 3.05) is 6.61 Å². The van der Waals surface area contributed by atoms with Crippen LogP contribution in [-0.2, 0) is 6.54 Å². The second-order valence-electron chi connectivity index (χ2n) is 7.08. The first-order chi connectivity index (χ1) is 12.1. The molecule has 1 atom stereocenters. The number of ether oxygens (including phenoxy) is 1. The summed E-state index contributed by atoms with van der Waals surface area (Å²) in [5.74, 6) is 2.48. The molecule has 1 N–H and O–H groups in total. The molecule has 130 valence electrons. The number of imidazole rings is 1. The third kappa shape index (κ3) is 3.40. The van der Waals surface area contributed by atoms with Gasteiger partial charge in [0.05, 0.1) is 17.6 Å². The largest absolute Gasteiger partial charge is 0.491 e. The number of aromatic nitrogens is 2. The van der Waals surface area contributed by atoms with Gasteiger partial charge in [0.1, 0.15) is 24.3 Å². The lowest BCUT2D eigenvalue weighted by atomic mass is 10.1. The van der Waals surface area contributed by atoms with E-state index >= 15 is 0 Å². The van der Waals surface area contributed by atoms with Crippen LogP contribution in [0.5, 0.6) is 5.75 Å². The molecular weight excluding hydrogens is 312 g/mol. The average Bonchev–Trinajstić information content (AvgIpc) is 3.37. The molecule has 1 fully saturated rings. The van der Waals surface area contributed by atoms with Gasteiger partial charge in [-0.15, -0.1) is 0 Å². The zero-order valence-electron chi connectivity index (χ0n) is 14.8. The molecule has 1 aliphatic carbocycles. The van der Waals surface area contributed by atoms with Crippen molar-refractivity contribution in [1.82, 2.24) is 9.55 Å². The van der Waals surface area contributed by atoms with Crippen LogP contribution in [0.2, 0.25) is 0 Å². The van der Waals surface area contributed by atoms with Gasteiger partial charge in [-0.2, -0.15) is 0 Å². The van der Waals surface area contributed by atoms with E-state index in [9.17, 15) is 5.11 Å². The normalized spacial score (nSPS) is 15.5. The molecule has 1 heterocycles. The maximum Gasteiger partial charge on any atom is 0.122 e. The van der Waals surface area contributed by atoms with Crippen molar-refractivity contribution in [2.24, 2.45) is 0 Å². The fourth-order valence-electron chi connectivity index (χ4n) is 3.35. The number of aliphatic hydroxyl groups is 1. The van der Waals surface area contributed by atoms with Gasteiger partial charge in [-0.25, -0.2) is 4.98 Å². The quantitative estimate of drug-likeness (QED) is 0.741. The van der Waals surface area contributed by atoms with Gasteiger partial charge < -0.3 is 14.4 Å². The Morgan fingerprint density at radius 2 is 2.00 bits per heavy atom. The van der Waals surface area contributed by atoms with Crippen LogP contribution < -0.4 is 4.74 Å². The highest BCUT2D eigenvalue weighted by Gasteiger charge is 2.30. The average molecular weight is 336 g/mol. The maximum absolute atomic E-state index is 10.5. The van der Waals surface area contributed by atoms with Crippen LogP contribution in [0.15, 0.2) is 42.5 Å². The van der Waals surface area contributed by atoms with Crippen LogP contribution in [0, 0.1) is 13.8 Å². The van der Waals surface area contributed by atoms with E-state index in [1.54, 1.807) is 0 Å². The molecule has 2 aromatic carbocycles. The lowest BCUT2D eigenvalue weighted by Gasteiger charge is -2.16. The molecule has 1 aliphatic rings. The highest BCUT2D eigenvalue weighted by Crippen LogP contribution is 2.40. The Bertz CT molecular complexity index is 896. The Morgan fingerprint density at radius 1 is 1.20 bits per heavy atom. The summed E-state index contributed by atoms with van der Waals surface area (Å²) >= 11 is 0. The third-order valence-electron chi connectivity index (χ3n) is 4.78. The van der Waals surface area contributed by atoms with E-state index in [0.29, 0.717) is 12.5 Å². The zero-order valence-corrected chi connectivity index (χ0v) is 14.8. The van der Waals surface area contributed by atoms with Gasteiger partial charge in [0.2, 0.25) is 0 Å². The molecule has 0 spiro atoms. The van der Waals surface area contributed by atoms with E-state index in [0.717, 1.165) is 28.2 Å². The number of benzene rings is 2. The SMILES string of the molecule is Cc1ccc(OC[C@H](O)Cn2c(C3CC3)nc3ccccc32)c(C)c1. The number of aryl methyl sites for hydroxylation is 2. The Morgan fingerprint density at radius 3 is 2.76 bits per heavy atom. The molecule has 0 bridgehead atoms. The first-order valence-corrected chi connectivity index (χ1v) is 8.95. The molecule has 4 heteroatoms. The molecule has 1 aromatic heterocycles. The molecule has 1 saturated carbocycles. The van der Waals surface area contributed by atoms with Crippen molar-refractivity contribution < 1.29 is 9.84 Å². The van der Waals surface area contributed by atoms with Gasteiger partial charge in [0.15, 0.2) is 0 Å². The highest BCUT2D eigenvalue weighted by atomic mass is 16.5. The van der Waals surface area contributed by atoms with E-state index in [1.165, 1.54) is 18.4 Å². The Labute approximate surface area is 148 Å². The number of rotatable bonds is 6. The van der Waals surface area contributed by atoms with Gasteiger partial charge >= 0.3 is 0 Å². The van der Waals surface area contributed by atoms with E-state index in [4.69, 9.17) is 9.72 Å². The summed E-state index contributed by atoms with van der Waals surface area (Å²) in [5, 5.41) is 10.5. The first kappa shape index (κ1) is 16.2. The number of fused-ring (bicyclic) bond motifs is 1. The minimum Gasteiger partial charge on any atom is -0.491 e. The summed E-state index contributed by atoms with van der Waals surface area (Å²) in [6.45, 7) is 4.89. The minimum absolute atomic E-state index is 0.278. The number of hydrogen-bond acceptors (Lipinski definition) is 3. The summed E-state index contributed by atoms with van der Waals surface area (Å²) in [6.07, 6.45) is 1.81. The molecule has 0 aliphatic heterocycles. The van der Waals surface area contributed by atoms with Gasteiger partial charge in [0, 0.05) is 5.92 Å². The fourth-order valence-corrected chi connectivity index (χ4v) is 3.35. The van der Waals surface area contributed by atoms with Crippen LogP contribution in [0.1, 0.15) is 35.7 Å². The highest BCUT2D eigenvalue weighted by molar-refractivity contribution is 5.76. The van der Waals surface area contributed by atoms with Gasteiger partial charge in [-0.3, -0.25) is 0 Å². The predicted octanol–water partition coefficient (Wildman–Crippen LogP) is 3.97. The molecule has 0 amide bonds. The first-order valence-electron chi connectivity index (χ1n) is 8.95. The molecule has 0 saturated heterocycles. The van der Waals surface area contributed by atoms with Gasteiger partial charge in [-0.1, -0.05) is 29.8 Å². The van der Waals surface area contributed by atoms with Gasteiger partial charge in [0.25, 0.3) is 0 Å². The molecule has 25 heavy (non-hydrogen) atoms. The van der Waals surface area contributed by atoms with Crippen molar-refractivity contribution >= 4 is 11.0 Å². The molecule has 4 nitrogen and oxygen atoms in total. The van der Waals surface area contributed by atoms with E-state index in [-0.39, 0.29) is 6.61 Å². The zero-order chi connectivity index (χ0) is 17.4. The van der Waals surface area contributed by atoms with Crippen LogP contribution in [0.25, 0.3) is 11.0 Å². The standard InChI is InChI=1S/C21H24N2O2/c1-14-7-10-20(15(2)11-14)25-13-17(24)12-23-19-6-4-3-5-18(19)22-21(23)16-8-9-16/h3-7,10-11,16-17,24H,8-9,12-13H2,1-2H3/t17-/m1/s1. The topological polar surface area (TPSA) is 47.3 Å². The summed E-state index contributed by atoms with van der Waals surface area (Å²) in [5.41, 5.74) is 4.41. The molecule has 0 unspecified atom stereocenters. The van der Waals surface area contributed by atoms with E-state index in [1.807, 2.05) is 37.3 Å². The number of aliphatic hydroxyl groups excluding tert-OH is 1. The predicted molar refractivity (Wildman–Crippen MR) is 99.1 cm³/mol. The summed E-state index contributed by atoms with van der Waals surface area (Å²) in [7, 11) is 0. The van der Waals surface area contributed by atoms with Crippen molar-refractivity contribution in [1.29, 1.82) is 0 Å².